The van der Waals surface area contributed by atoms with Crippen LogP contribution in [-0.2, 0) is 4.79 Å². The highest BCUT2D eigenvalue weighted by atomic mass is 127. The molecule has 0 heterocycles. The van der Waals surface area contributed by atoms with Crippen molar-refractivity contribution in [3.8, 4) is 0 Å². The molecule has 2 aromatic rings. The van der Waals surface area contributed by atoms with E-state index in [2.05, 4.69) is 38.5 Å². The Kier molecular flexibility index (Phi) is 5.56. The minimum absolute atomic E-state index is 0.0300. The summed E-state index contributed by atoms with van der Waals surface area (Å²) in [5.41, 5.74) is 1.49. The summed E-state index contributed by atoms with van der Waals surface area (Å²) in [6.07, 6.45) is 0. The summed E-state index contributed by atoms with van der Waals surface area (Å²) < 4.78 is 1.01. The van der Waals surface area contributed by atoms with Gasteiger partial charge in [-0.3, -0.25) is 10.1 Å². The lowest BCUT2D eigenvalue weighted by Crippen LogP contribution is -2.38. The molecule has 0 unspecified atom stereocenters. The number of carbonyl (C=O) groups excluding carboxylic acids is 2. The molecular weight excluding hydrogens is 381 g/mol. The van der Waals surface area contributed by atoms with Gasteiger partial charge in [0.1, 0.15) is 0 Å². The lowest BCUT2D eigenvalue weighted by molar-refractivity contribution is -0.118. The van der Waals surface area contributed by atoms with Crippen LogP contribution in [-0.4, -0.2) is 18.5 Å². The van der Waals surface area contributed by atoms with Crippen molar-refractivity contribution in [3.05, 3.63) is 58.2 Å². The first kappa shape index (κ1) is 15.3. The number of hydrogen-bond donors (Lipinski definition) is 3. The Labute approximate surface area is 136 Å². The number of imide groups is 1. The van der Waals surface area contributed by atoms with E-state index >= 15 is 0 Å². The van der Waals surface area contributed by atoms with Crippen molar-refractivity contribution in [1.29, 1.82) is 0 Å². The summed E-state index contributed by atoms with van der Waals surface area (Å²) in [5.74, 6) is -0.400. The van der Waals surface area contributed by atoms with Gasteiger partial charge in [-0.05, 0) is 46.9 Å². The lowest BCUT2D eigenvalue weighted by atomic mass is 10.3. The standard InChI is InChI=1S/C15H14IN3O2/c16-12-8-4-5-9-13(12)17-10-14(20)19-15(21)18-11-6-2-1-3-7-11/h1-9,17H,10H2,(H2,18,19,20,21). The highest BCUT2D eigenvalue weighted by Gasteiger charge is 2.08. The summed E-state index contributed by atoms with van der Waals surface area (Å²) in [7, 11) is 0. The summed E-state index contributed by atoms with van der Waals surface area (Å²) >= 11 is 2.17. The van der Waals surface area contributed by atoms with E-state index in [-0.39, 0.29) is 6.54 Å². The van der Waals surface area contributed by atoms with Gasteiger partial charge in [0, 0.05) is 14.9 Å². The molecule has 0 fully saturated rings. The van der Waals surface area contributed by atoms with Gasteiger partial charge in [-0.1, -0.05) is 30.3 Å². The molecule has 0 aliphatic carbocycles. The van der Waals surface area contributed by atoms with Crippen molar-refractivity contribution in [2.75, 3.05) is 17.2 Å². The first-order chi connectivity index (χ1) is 10.1. The largest absolute Gasteiger partial charge is 0.375 e. The highest BCUT2D eigenvalue weighted by Crippen LogP contribution is 2.16. The Bertz CT molecular complexity index is 632. The van der Waals surface area contributed by atoms with Crippen LogP contribution >= 0.6 is 22.6 Å². The topological polar surface area (TPSA) is 70.2 Å². The smallest absolute Gasteiger partial charge is 0.325 e. The van der Waals surface area contributed by atoms with Gasteiger partial charge in [-0.25, -0.2) is 4.79 Å². The lowest BCUT2D eigenvalue weighted by Gasteiger charge is -2.09. The average Bonchev–Trinajstić information content (AvgIpc) is 2.47. The molecule has 21 heavy (non-hydrogen) atoms. The second-order valence-electron chi connectivity index (χ2n) is 4.20. The number of amides is 3. The van der Waals surface area contributed by atoms with Gasteiger partial charge in [-0.15, -0.1) is 0 Å². The van der Waals surface area contributed by atoms with Crippen LogP contribution in [0.5, 0.6) is 0 Å². The average molecular weight is 395 g/mol. The molecule has 2 aromatic carbocycles. The van der Waals surface area contributed by atoms with E-state index < -0.39 is 11.9 Å². The Hall–Kier alpha value is -2.09. The Balaban J connectivity index is 1.79. The number of nitrogens with one attached hydrogen (secondary N) is 3. The van der Waals surface area contributed by atoms with Crippen molar-refractivity contribution < 1.29 is 9.59 Å². The van der Waals surface area contributed by atoms with E-state index in [9.17, 15) is 9.59 Å². The molecule has 0 aliphatic rings. The molecule has 0 radical (unpaired) electrons. The fourth-order valence-electron chi connectivity index (χ4n) is 1.63. The minimum Gasteiger partial charge on any atom is -0.375 e. The van der Waals surface area contributed by atoms with E-state index in [1.54, 1.807) is 24.3 Å². The number of hydrogen-bond acceptors (Lipinski definition) is 3. The number of rotatable bonds is 4. The minimum atomic E-state index is -0.546. The predicted molar refractivity (Wildman–Crippen MR) is 91.3 cm³/mol. The van der Waals surface area contributed by atoms with Gasteiger partial charge in [0.05, 0.1) is 6.54 Å². The second kappa shape index (κ2) is 7.63. The van der Waals surface area contributed by atoms with Crippen LogP contribution < -0.4 is 16.0 Å². The first-order valence-corrected chi connectivity index (χ1v) is 7.37. The van der Waals surface area contributed by atoms with E-state index in [1.165, 1.54) is 0 Å². The maximum atomic E-state index is 11.7. The molecular formula is C15H14IN3O2. The van der Waals surface area contributed by atoms with Crippen molar-refractivity contribution >= 4 is 45.9 Å². The molecule has 2 rings (SSSR count). The molecule has 0 bridgehead atoms. The van der Waals surface area contributed by atoms with Crippen LogP contribution in [0.4, 0.5) is 16.2 Å². The molecule has 0 atom stereocenters. The van der Waals surface area contributed by atoms with Gasteiger partial charge in [0.2, 0.25) is 5.91 Å². The van der Waals surface area contributed by atoms with Crippen molar-refractivity contribution in [2.24, 2.45) is 0 Å². The molecule has 3 N–H and O–H groups in total. The SMILES string of the molecule is O=C(CNc1ccccc1I)NC(=O)Nc1ccccc1. The number of urea groups is 1. The Morgan fingerprint density at radius 2 is 1.62 bits per heavy atom. The normalized spacial score (nSPS) is 9.76. The Morgan fingerprint density at radius 3 is 2.33 bits per heavy atom. The van der Waals surface area contributed by atoms with E-state index in [4.69, 9.17) is 0 Å². The van der Waals surface area contributed by atoms with Gasteiger partial charge in [0.15, 0.2) is 0 Å². The zero-order valence-electron chi connectivity index (χ0n) is 11.1. The summed E-state index contributed by atoms with van der Waals surface area (Å²) in [6, 6.07) is 16.0. The number of para-hydroxylation sites is 2. The van der Waals surface area contributed by atoms with Crippen LogP contribution in [0.15, 0.2) is 54.6 Å². The molecule has 0 saturated carbocycles. The summed E-state index contributed by atoms with van der Waals surface area (Å²) in [5, 5.41) is 7.83. The maximum Gasteiger partial charge on any atom is 0.325 e. The number of benzene rings is 2. The van der Waals surface area contributed by atoms with Gasteiger partial charge in [-0.2, -0.15) is 0 Å². The van der Waals surface area contributed by atoms with Crippen LogP contribution in [0.1, 0.15) is 0 Å². The number of halogens is 1. The van der Waals surface area contributed by atoms with Gasteiger partial charge >= 0.3 is 6.03 Å². The Morgan fingerprint density at radius 1 is 0.952 bits per heavy atom. The molecule has 0 spiro atoms. The molecule has 0 saturated heterocycles. The highest BCUT2D eigenvalue weighted by molar-refractivity contribution is 14.1. The molecule has 3 amide bonds. The second-order valence-corrected chi connectivity index (χ2v) is 5.36. The number of carbonyl (C=O) groups is 2. The first-order valence-electron chi connectivity index (χ1n) is 6.29. The number of anilines is 2. The van der Waals surface area contributed by atoms with Gasteiger partial charge < -0.3 is 10.6 Å². The van der Waals surface area contributed by atoms with Crippen molar-refractivity contribution in [2.45, 2.75) is 0 Å². The quantitative estimate of drug-likeness (QED) is 0.698. The zero-order valence-corrected chi connectivity index (χ0v) is 13.3. The molecule has 0 aliphatic heterocycles. The predicted octanol–water partition coefficient (Wildman–Crippen LogP) is 3.05. The molecule has 0 aromatic heterocycles. The van der Waals surface area contributed by atoms with Crippen LogP contribution in [0.3, 0.4) is 0 Å². The maximum absolute atomic E-state index is 11.7. The van der Waals surface area contributed by atoms with Crippen LogP contribution in [0.2, 0.25) is 0 Å². The van der Waals surface area contributed by atoms with Crippen molar-refractivity contribution in [1.82, 2.24) is 5.32 Å². The summed E-state index contributed by atoms with van der Waals surface area (Å²) in [6.45, 7) is 0.0300. The monoisotopic (exact) mass is 395 g/mol. The van der Waals surface area contributed by atoms with Crippen LogP contribution in [0.25, 0.3) is 0 Å². The van der Waals surface area contributed by atoms with Crippen LogP contribution in [0, 0.1) is 3.57 Å². The van der Waals surface area contributed by atoms with E-state index in [0.717, 1.165) is 9.26 Å². The molecule has 6 heteroatoms. The van der Waals surface area contributed by atoms with Gasteiger partial charge in [0.25, 0.3) is 0 Å². The molecule has 108 valence electrons. The fraction of sp³-hybridized carbons (Fsp3) is 0.0667. The van der Waals surface area contributed by atoms with E-state index in [1.807, 2.05) is 30.3 Å². The third-order valence-corrected chi connectivity index (χ3v) is 3.54. The fourth-order valence-corrected chi connectivity index (χ4v) is 2.21. The van der Waals surface area contributed by atoms with Crippen molar-refractivity contribution in [3.63, 3.8) is 0 Å². The summed E-state index contributed by atoms with van der Waals surface area (Å²) in [4.78, 5) is 23.3. The third-order valence-electron chi connectivity index (χ3n) is 2.60. The third kappa shape index (κ3) is 5.07. The zero-order chi connectivity index (χ0) is 15.1. The van der Waals surface area contributed by atoms with E-state index in [0.29, 0.717) is 5.69 Å². The molecule has 5 nitrogen and oxygen atoms in total.